The highest BCUT2D eigenvalue weighted by atomic mass is 17.1. The minimum Gasteiger partial charge on any atom is -0.394 e. The lowest BCUT2D eigenvalue weighted by Gasteiger charge is -2.47. The zero-order valence-corrected chi connectivity index (χ0v) is 24.2. The van der Waals surface area contributed by atoms with Crippen LogP contribution in [0, 0.1) is 11.8 Å². The molecule has 14 nitrogen and oxygen atoms in total. The molecule has 13 unspecified atom stereocenters. The first-order chi connectivity index (χ1) is 20.0. The molecule has 0 radical (unpaired) electrons. The summed E-state index contributed by atoms with van der Waals surface area (Å²) >= 11 is 0. The molecule has 0 aromatic carbocycles. The fraction of sp³-hybridized carbons (Fsp3) is 0.964. The third-order valence-electron chi connectivity index (χ3n) is 9.25. The Morgan fingerprint density at radius 1 is 0.786 bits per heavy atom. The predicted octanol–water partition coefficient (Wildman–Crippen LogP) is -0.416. The molecule has 14 atom stereocenters. The molecule has 4 aliphatic rings. The molecule has 2 saturated carbocycles. The molecule has 0 aromatic rings. The predicted molar refractivity (Wildman–Crippen MR) is 141 cm³/mol. The molecule has 2 aliphatic carbocycles. The van der Waals surface area contributed by atoms with Crippen LogP contribution in [0.4, 0.5) is 0 Å². The third-order valence-corrected chi connectivity index (χ3v) is 9.25. The van der Waals surface area contributed by atoms with Crippen LogP contribution in [0.3, 0.4) is 0 Å². The Hall–Kier alpha value is -1.01. The van der Waals surface area contributed by atoms with Crippen molar-refractivity contribution >= 4 is 5.97 Å². The summed E-state index contributed by atoms with van der Waals surface area (Å²) in [6.45, 7) is 2.84. The van der Waals surface area contributed by atoms with Gasteiger partial charge < -0.3 is 54.3 Å². The van der Waals surface area contributed by atoms with Crippen molar-refractivity contribution in [2.24, 2.45) is 11.8 Å². The van der Waals surface area contributed by atoms with Gasteiger partial charge >= 0.3 is 5.97 Å². The highest BCUT2D eigenvalue weighted by Gasteiger charge is 2.50. The minimum atomic E-state index is -1.60. The summed E-state index contributed by atoms with van der Waals surface area (Å²) < 4.78 is 29.6. The zero-order valence-electron chi connectivity index (χ0n) is 24.2. The summed E-state index contributed by atoms with van der Waals surface area (Å²) in [4.78, 5) is 16.4. The summed E-state index contributed by atoms with van der Waals surface area (Å²) in [5.41, 5.74) is 0. The smallest absolute Gasteiger partial charge is 0.370 e. The zero-order chi connectivity index (χ0) is 30.6. The molecule has 0 spiro atoms. The van der Waals surface area contributed by atoms with Gasteiger partial charge in [0, 0.05) is 0 Å². The van der Waals surface area contributed by atoms with Gasteiger partial charge in [-0.15, -0.1) is 0 Å². The number of hydrogen-bond donors (Lipinski definition) is 7. The van der Waals surface area contributed by atoms with Crippen LogP contribution in [0.1, 0.15) is 71.6 Å². The molecule has 244 valence electrons. The van der Waals surface area contributed by atoms with Crippen LogP contribution in [-0.2, 0) is 33.4 Å². The lowest BCUT2D eigenvalue weighted by molar-refractivity contribution is -0.349. The summed E-state index contributed by atoms with van der Waals surface area (Å²) in [5.74, 6) is -1.00. The molecule has 4 rings (SSSR count). The topological polar surface area (TPSA) is 214 Å². The Balaban J connectivity index is 1.48. The average molecular weight is 609 g/mol. The average Bonchev–Trinajstić information content (AvgIpc) is 2.99. The van der Waals surface area contributed by atoms with E-state index in [2.05, 4.69) is 4.89 Å². The van der Waals surface area contributed by atoms with Gasteiger partial charge in [0.05, 0.1) is 24.9 Å². The van der Waals surface area contributed by atoms with Crippen molar-refractivity contribution in [1.29, 1.82) is 0 Å². The number of aliphatic hydroxyl groups excluding tert-OH is 6. The van der Waals surface area contributed by atoms with Gasteiger partial charge in [-0.3, -0.25) is 4.89 Å². The van der Waals surface area contributed by atoms with E-state index in [9.17, 15) is 35.4 Å². The van der Waals surface area contributed by atoms with Crippen LogP contribution in [0.15, 0.2) is 0 Å². The Labute approximate surface area is 245 Å². The van der Waals surface area contributed by atoms with Crippen molar-refractivity contribution in [3.63, 3.8) is 0 Å². The molecule has 14 heteroatoms. The van der Waals surface area contributed by atoms with Crippen molar-refractivity contribution < 1.29 is 69.3 Å². The fourth-order valence-electron chi connectivity index (χ4n) is 6.66. The number of ether oxygens (including phenoxy) is 5. The van der Waals surface area contributed by atoms with Crippen LogP contribution in [0.2, 0.25) is 0 Å². The van der Waals surface area contributed by atoms with E-state index in [4.69, 9.17) is 28.9 Å². The van der Waals surface area contributed by atoms with Crippen molar-refractivity contribution in [2.75, 3.05) is 6.61 Å². The standard InChI is InChI=1S/C28H48O14/c1-13-7-6-10-16(24(13)41-27-22(33)21(32)19(30)14(2)37-27)39-28-23(34)25(20(31)18(12-29)40-28)38-17(26(35)42-36)11-15-8-4-3-5-9-15/h13-25,27-34,36H,3-12H2,1-2H3/t13?,14?,16?,17-,18?,19?,20?,21?,22?,23?,24?,25?,27?,28?/m0/s1. The Morgan fingerprint density at radius 2 is 1.48 bits per heavy atom. The quantitative estimate of drug-likeness (QED) is 0.124. The summed E-state index contributed by atoms with van der Waals surface area (Å²) in [6, 6.07) is 0. The Bertz CT molecular complexity index is 841. The van der Waals surface area contributed by atoms with Gasteiger partial charge in [0.15, 0.2) is 18.7 Å². The molecular weight excluding hydrogens is 560 g/mol. The second-order valence-electron chi connectivity index (χ2n) is 12.3. The van der Waals surface area contributed by atoms with Crippen LogP contribution in [-0.4, -0.2) is 128 Å². The van der Waals surface area contributed by atoms with Gasteiger partial charge in [-0.05, 0) is 38.0 Å². The van der Waals surface area contributed by atoms with E-state index in [-0.39, 0.29) is 18.3 Å². The fourth-order valence-corrected chi connectivity index (χ4v) is 6.66. The first-order valence-electron chi connectivity index (χ1n) is 15.2. The van der Waals surface area contributed by atoms with Crippen molar-refractivity contribution in [3.05, 3.63) is 0 Å². The molecule has 0 aromatic heterocycles. The first-order valence-corrected chi connectivity index (χ1v) is 15.2. The molecule has 0 amide bonds. The maximum absolute atomic E-state index is 12.4. The molecule has 7 N–H and O–H groups in total. The maximum atomic E-state index is 12.4. The van der Waals surface area contributed by atoms with E-state index in [1.807, 2.05) is 6.92 Å². The van der Waals surface area contributed by atoms with E-state index in [1.54, 1.807) is 6.92 Å². The molecule has 2 saturated heterocycles. The number of carbonyl (C=O) groups is 1. The molecule has 2 aliphatic heterocycles. The highest BCUT2D eigenvalue weighted by Crippen LogP contribution is 2.36. The van der Waals surface area contributed by atoms with Crippen molar-refractivity contribution in [2.45, 2.75) is 151 Å². The lowest BCUT2D eigenvalue weighted by Crippen LogP contribution is -2.63. The maximum Gasteiger partial charge on any atom is 0.370 e. The Kier molecular flexibility index (Phi) is 12.4. The van der Waals surface area contributed by atoms with Gasteiger partial charge in [-0.25, -0.2) is 4.79 Å². The van der Waals surface area contributed by atoms with E-state index < -0.39 is 92.3 Å². The molecular formula is C28H48O14. The summed E-state index contributed by atoms with van der Waals surface area (Å²) in [6.07, 6.45) is -9.08. The van der Waals surface area contributed by atoms with Crippen LogP contribution >= 0.6 is 0 Å². The molecule has 4 fully saturated rings. The van der Waals surface area contributed by atoms with E-state index >= 15 is 0 Å². The number of rotatable bonds is 10. The van der Waals surface area contributed by atoms with Gasteiger partial charge in [-0.2, -0.15) is 5.26 Å². The monoisotopic (exact) mass is 608 g/mol. The number of hydrogen-bond acceptors (Lipinski definition) is 14. The van der Waals surface area contributed by atoms with Gasteiger partial charge in [0.1, 0.15) is 42.7 Å². The van der Waals surface area contributed by atoms with Gasteiger partial charge in [-0.1, -0.05) is 45.4 Å². The molecule has 2 heterocycles. The second kappa shape index (κ2) is 15.3. The van der Waals surface area contributed by atoms with Gasteiger partial charge in [0.2, 0.25) is 0 Å². The number of carbonyl (C=O) groups excluding carboxylic acids is 1. The SMILES string of the molecule is CC1CCCC(OC2OC(CO)C(O)C(O[C@@H](CC3CCCCC3)C(=O)OO)C2O)C1OC1OC(C)C(O)C(O)C1O. The van der Waals surface area contributed by atoms with Crippen LogP contribution < -0.4 is 0 Å². The van der Waals surface area contributed by atoms with E-state index in [0.29, 0.717) is 6.42 Å². The Morgan fingerprint density at radius 3 is 2.14 bits per heavy atom. The number of aliphatic hydroxyl groups is 6. The van der Waals surface area contributed by atoms with E-state index in [1.165, 1.54) is 0 Å². The van der Waals surface area contributed by atoms with Crippen molar-refractivity contribution in [3.8, 4) is 0 Å². The second-order valence-corrected chi connectivity index (χ2v) is 12.3. The lowest BCUT2D eigenvalue weighted by atomic mass is 9.85. The first kappa shape index (κ1) is 33.9. The summed E-state index contributed by atoms with van der Waals surface area (Å²) in [5, 5.41) is 71.9. The minimum absolute atomic E-state index is 0.0925. The molecule has 42 heavy (non-hydrogen) atoms. The van der Waals surface area contributed by atoms with Gasteiger partial charge in [0.25, 0.3) is 0 Å². The normalized spacial score (nSPS) is 44.5. The third kappa shape index (κ3) is 7.79. The molecule has 0 bridgehead atoms. The van der Waals surface area contributed by atoms with E-state index in [0.717, 1.165) is 44.9 Å². The van der Waals surface area contributed by atoms with Crippen molar-refractivity contribution in [1.82, 2.24) is 0 Å². The summed E-state index contributed by atoms with van der Waals surface area (Å²) in [7, 11) is 0. The van der Waals surface area contributed by atoms with Crippen LogP contribution in [0.5, 0.6) is 0 Å². The largest absolute Gasteiger partial charge is 0.394 e. The van der Waals surface area contributed by atoms with Crippen LogP contribution in [0.25, 0.3) is 0 Å². The highest BCUT2D eigenvalue weighted by molar-refractivity contribution is 5.74.